The first kappa shape index (κ1) is 17.9. The number of hydrogen-bond acceptors (Lipinski definition) is 5. The Kier molecular flexibility index (Phi) is 5.27. The zero-order chi connectivity index (χ0) is 19.2. The van der Waals surface area contributed by atoms with Crippen molar-refractivity contribution in [3.8, 4) is 0 Å². The monoisotopic (exact) mass is 364 g/mol. The lowest BCUT2D eigenvalue weighted by molar-refractivity contribution is -0.385. The Morgan fingerprint density at radius 2 is 1.56 bits per heavy atom. The van der Waals surface area contributed by atoms with Crippen LogP contribution in [-0.2, 0) is 11.3 Å². The lowest BCUT2D eigenvalue weighted by Gasteiger charge is -2.09. The molecule has 0 radical (unpaired) electrons. The third-order valence-electron chi connectivity index (χ3n) is 3.72. The highest BCUT2D eigenvalue weighted by Crippen LogP contribution is 2.18. The van der Waals surface area contributed by atoms with Gasteiger partial charge in [0.15, 0.2) is 0 Å². The maximum absolute atomic E-state index is 12.1. The number of carbonyl (C=O) groups is 1. The molecule has 0 saturated carbocycles. The summed E-state index contributed by atoms with van der Waals surface area (Å²) in [5.41, 5.74) is 1.61. The Hall–Kier alpha value is -3.94. The number of nitrogens with zero attached hydrogens (tertiary/aromatic N) is 2. The molecule has 2 aromatic carbocycles. The van der Waals surface area contributed by atoms with Crippen molar-refractivity contribution in [2.24, 2.45) is 0 Å². The van der Waals surface area contributed by atoms with Crippen LogP contribution in [0.1, 0.15) is 0 Å². The number of aromatic nitrogens is 1. The zero-order valence-electron chi connectivity index (χ0n) is 14.2. The van der Waals surface area contributed by atoms with Crippen molar-refractivity contribution in [2.45, 2.75) is 6.54 Å². The van der Waals surface area contributed by atoms with Gasteiger partial charge in [-0.1, -0.05) is 18.2 Å². The third kappa shape index (κ3) is 4.79. The van der Waals surface area contributed by atoms with Gasteiger partial charge in [-0.3, -0.25) is 24.3 Å². The van der Waals surface area contributed by atoms with Gasteiger partial charge >= 0.3 is 0 Å². The van der Waals surface area contributed by atoms with Crippen LogP contribution in [0.2, 0.25) is 0 Å². The van der Waals surface area contributed by atoms with Gasteiger partial charge in [0.1, 0.15) is 6.54 Å². The number of benzene rings is 2. The number of carbonyl (C=O) groups excluding carboxylic acids is 1. The number of hydrogen-bond donors (Lipinski definition) is 2. The highest BCUT2D eigenvalue weighted by molar-refractivity contribution is 5.90. The quantitative estimate of drug-likeness (QED) is 0.516. The molecule has 1 amide bonds. The molecule has 0 aliphatic carbocycles. The number of nitro groups is 1. The summed E-state index contributed by atoms with van der Waals surface area (Å²) in [6.07, 6.45) is 1.05. The Bertz CT molecular complexity index is 1010. The van der Waals surface area contributed by atoms with Crippen LogP contribution >= 0.6 is 0 Å². The lowest BCUT2D eigenvalue weighted by atomic mass is 10.2. The molecule has 0 aliphatic heterocycles. The fraction of sp³-hybridized carbons (Fsp3) is 0.0526. The number of nitrogens with one attached hydrogen (secondary N) is 2. The Labute approximate surface area is 154 Å². The van der Waals surface area contributed by atoms with Crippen LogP contribution in [0.5, 0.6) is 0 Å². The molecule has 1 heterocycles. The molecule has 0 fully saturated rings. The van der Waals surface area contributed by atoms with Gasteiger partial charge in [-0.15, -0.1) is 0 Å². The van der Waals surface area contributed by atoms with Crippen LogP contribution in [0.25, 0.3) is 0 Å². The summed E-state index contributed by atoms with van der Waals surface area (Å²) in [5.74, 6) is -0.457. The number of anilines is 3. The summed E-state index contributed by atoms with van der Waals surface area (Å²) >= 11 is 0. The maximum atomic E-state index is 12.1. The first-order valence-corrected chi connectivity index (χ1v) is 8.08. The highest BCUT2D eigenvalue weighted by atomic mass is 16.6. The van der Waals surface area contributed by atoms with Gasteiger partial charge in [0.2, 0.25) is 5.91 Å². The van der Waals surface area contributed by atoms with Crippen LogP contribution in [0, 0.1) is 10.1 Å². The summed E-state index contributed by atoms with van der Waals surface area (Å²) in [4.78, 5) is 34.1. The van der Waals surface area contributed by atoms with E-state index in [0.717, 1.165) is 34.3 Å². The Balaban J connectivity index is 1.64. The van der Waals surface area contributed by atoms with E-state index in [2.05, 4.69) is 10.6 Å². The number of para-hydroxylation sites is 1. The van der Waals surface area contributed by atoms with Crippen molar-refractivity contribution in [3.63, 3.8) is 0 Å². The molecule has 2 N–H and O–H groups in total. The van der Waals surface area contributed by atoms with Crippen molar-refractivity contribution in [2.75, 3.05) is 10.6 Å². The summed E-state index contributed by atoms with van der Waals surface area (Å²) in [5, 5.41) is 16.7. The zero-order valence-corrected chi connectivity index (χ0v) is 14.2. The standard InChI is InChI=1S/C19H16N4O4/c24-18(13-22-12-17(23(26)27)10-11-19(22)25)21-16-8-6-15(7-9-16)20-14-4-2-1-3-5-14/h1-12,20H,13H2,(H,21,24). The van der Waals surface area contributed by atoms with E-state index in [1.54, 1.807) is 12.1 Å². The molecular weight excluding hydrogens is 348 g/mol. The average Bonchev–Trinajstić information content (AvgIpc) is 2.66. The van der Waals surface area contributed by atoms with E-state index in [1.807, 2.05) is 42.5 Å². The third-order valence-corrected chi connectivity index (χ3v) is 3.72. The van der Waals surface area contributed by atoms with Crippen LogP contribution in [-0.4, -0.2) is 15.4 Å². The van der Waals surface area contributed by atoms with E-state index in [-0.39, 0.29) is 12.2 Å². The first-order valence-electron chi connectivity index (χ1n) is 8.08. The topological polar surface area (TPSA) is 106 Å². The molecule has 0 unspecified atom stereocenters. The minimum atomic E-state index is -0.619. The molecule has 3 rings (SSSR count). The van der Waals surface area contributed by atoms with Gasteiger partial charge in [0, 0.05) is 29.2 Å². The summed E-state index contributed by atoms with van der Waals surface area (Å²) in [7, 11) is 0. The van der Waals surface area contributed by atoms with Crippen molar-refractivity contribution < 1.29 is 9.72 Å². The molecule has 136 valence electrons. The van der Waals surface area contributed by atoms with Crippen LogP contribution in [0.4, 0.5) is 22.7 Å². The average molecular weight is 364 g/mol. The molecular formula is C19H16N4O4. The van der Waals surface area contributed by atoms with Gasteiger partial charge in [0.25, 0.3) is 11.2 Å². The minimum absolute atomic E-state index is 0.251. The van der Waals surface area contributed by atoms with Gasteiger partial charge < -0.3 is 10.6 Å². The van der Waals surface area contributed by atoms with E-state index < -0.39 is 16.4 Å². The van der Waals surface area contributed by atoms with E-state index in [9.17, 15) is 19.7 Å². The fourth-order valence-corrected chi connectivity index (χ4v) is 2.43. The molecule has 0 aliphatic rings. The van der Waals surface area contributed by atoms with Crippen LogP contribution in [0.15, 0.2) is 77.7 Å². The van der Waals surface area contributed by atoms with E-state index in [1.165, 1.54) is 0 Å². The highest BCUT2D eigenvalue weighted by Gasteiger charge is 2.11. The largest absolute Gasteiger partial charge is 0.356 e. The molecule has 8 heteroatoms. The SMILES string of the molecule is O=C(Cn1cc([N+](=O)[O-])ccc1=O)Nc1ccc(Nc2ccccc2)cc1. The normalized spacial score (nSPS) is 10.2. The van der Waals surface area contributed by atoms with E-state index in [4.69, 9.17) is 0 Å². The summed E-state index contributed by atoms with van der Waals surface area (Å²) in [6.45, 7) is -0.315. The van der Waals surface area contributed by atoms with E-state index in [0.29, 0.717) is 5.69 Å². The van der Waals surface area contributed by atoms with Crippen LogP contribution < -0.4 is 16.2 Å². The second-order valence-electron chi connectivity index (χ2n) is 5.73. The van der Waals surface area contributed by atoms with Gasteiger partial charge in [-0.05, 0) is 36.4 Å². The Morgan fingerprint density at radius 3 is 2.22 bits per heavy atom. The molecule has 3 aromatic rings. The molecule has 0 bridgehead atoms. The predicted octanol–water partition coefficient (Wildman–Crippen LogP) is 3.14. The molecule has 8 nitrogen and oxygen atoms in total. The van der Waals surface area contributed by atoms with Gasteiger partial charge in [-0.2, -0.15) is 0 Å². The van der Waals surface area contributed by atoms with E-state index >= 15 is 0 Å². The first-order chi connectivity index (χ1) is 13.0. The molecule has 1 aromatic heterocycles. The number of amides is 1. The number of rotatable bonds is 6. The predicted molar refractivity (Wildman–Crippen MR) is 102 cm³/mol. The van der Waals surface area contributed by atoms with Crippen LogP contribution in [0.3, 0.4) is 0 Å². The van der Waals surface area contributed by atoms with Crippen molar-refractivity contribution in [1.29, 1.82) is 0 Å². The van der Waals surface area contributed by atoms with Crippen molar-refractivity contribution in [1.82, 2.24) is 4.57 Å². The lowest BCUT2D eigenvalue weighted by Crippen LogP contribution is -2.26. The summed E-state index contributed by atoms with van der Waals surface area (Å²) in [6, 6.07) is 18.9. The molecule has 0 saturated heterocycles. The minimum Gasteiger partial charge on any atom is -0.356 e. The second-order valence-corrected chi connectivity index (χ2v) is 5.73. The molecule has 0 atom stereocenters. The van der Waals surface area contributed by atoms with Crippen molar-refractivity contribution >= 4 is 28.7 Å². The summed E-state index contributed by atoms with van der Waals surface area (Å²) < 4.78 is 0.999. The smallest absolute Gasteiger partial charge is 0.285 e. The van der Waals surface area contributed by atoms with Crippen molar-refractivity contribution in [3.05, 3.63) is 93.4 Å². The fourth-order valence-electron chi connectivity index (χ4n) is 2.43. The number of pyridine rings is 1. The molecule has 0 spiro atoms. The second kappa shape index (κ2) is 7.96. The maximum Gasteiger partial charge on any atom is 0.285 e. The molecule has 27 heavy (non-hydrogen) atoms. The van der Waals surface area contributed by atoms with Gasteiger partial charge in [0.05, 0.1) is 11.1 Å². The Morgan fingerprint density at radius 1 is 0.926 bits per heavy atom. The van der Waals surface area contributed by atoms with Gasteiger partial charge in [-0.25, -0.2) is 0 Å².